The molecule has 2 fully saturated rings. The molecule has 2 heteroatoms. The fourth-order valence-corrected chi connectivity index (χ4v) is 2.38. The molecular formula is C12H23NO. The molecule has 2 atom stereocenters. The Hall–Kier alpha value is -0.0800. The van der Waals surface area contributed by atoms with Crippen molar-refractivity contribution in [1.29, 1.82) is 0 Å². The third-order valence-corrected chi connectivity index (χ3v) is 3.48. The quantitative estimate of drug-likeness (QED) is 0.705. The third-order valence-electron chi connectivity index (χ3n) is 3.48. The topological polar surface area (TPSA) is 21.3 Å². The molecule has 0 spiro atoms. The molecule has 1 aliphatic heterocycles. The Kier molecular flexibility index (Phi) is 3.82. The first kappa shape index (κ1) is 10.4. The molecule has 2 rings (SSSR count). The minimum atomic E-state index is 0.785. The summed E-state index contributed by atoms with van der Waals surface area (Å²) < 4.78 is 5.39. The van der Waals surface area contributed by atoms with Gasteiger partial charge in [0.25, 0.3) is 0 Å². The number of hydrogen-bond acceptors (Lipinski definition) is 2. The van der Waals surface area contributed by atoms with Gasteiger partial charge in [0.2, 0.25) is 0 Å². The molecule has 0 bridgehead atoms. The van der Waals surface area contributed by atoms with Crippen LogP contribution in [0.5, 0.6) is 0 Å². The molecule has 1 N–H and O–H groups in total. The molecule has 0 aromatic rings. The van der Waals surface area contributed by atoms with Crippen molar-refractivity contribution in [1.82, 2.24) is 5.32 Å². The smallest absolute Gasteiger partial charge is 0.0507 e. The largest absolute Gasteiger partial charge is 0.381 e. The van der Waals surface area contributed by atoms with Gasteiger partial charge in [0.1, 0.15) is 0 Å². The van der Waals surface area contributed by atoms with Crippen molar-refractivity contribution < 1.29 is 4.74 Å². The Morgan fingerprint density at radius 1 is 1.36 bits per heavy atom. The van der Waals surface area contributed by atoms with Gasteiger partial charge in [-0.05, 0) is 37.5 Å². The molecule has 1 heterocycles. The Morgan fingerprint density at radius 2 is 2.21 bits per heavy atom. The summed E-state index contributed by atoms with van der Waals surface area (Å²) in [4.78, 5) is 0. The average Bonchev–Trinajstić information content (AvgIpc) is 2.90. The van der Waals surface area contributed by atoms with Crippen LogP contribution in [-0.2, 0) is 4.74 Å². The van der Waals surface area contributed by atoms with Gasteiger partial charge in [-0.2, -0.15) is 0 Å². The van der Waals surface area contributed by atoms with Crippen LogP contribution in [0.15, 0.2) is 0 Å². The van der Waals surface area contributed by atoms with Gasteiger partial charge in [0.15, 0.2) is 0 Å². The summed E-state index contributed by atoms with van der Waals surface area (Å²) in [5.74, 6) is 1.78. The van der Waals surface area contributed by atoms with Gasteiger partial charge in [-0.15, -0.1) is 0 Å². The highest BCUT2D eigenvalue weighted by Crippen LogP contribution is 2.34. The van der Waals surface area contributed by atoms with Crippen LogP contribution in [0.25, 0.3) is 0 Å². The maximum absolute atomic E-state index is 5.39. The summed E-state index contributed by atoms with van der Waals surface area (Å²) >= 11 is 0. The lowest BCUT2D eigenvalue weighted by molar-refractivity contribution is 0.184. The van der Waals surface area contributed by atoms with Crippen LogP contribution in [0.2, 0.25) is 0 Å². The predicted octanol–water partition coefficient (Wildman–Crippen LogP) is 2.19. The molecule has 1 aliphatic carbocycles. The van der Waals surface area contributed by atoms with E-state index in [9.17, 15) is 0 Å². The first-order valence-corrected chi connectivity index (χ1v) is 6.21. The van der Waals surface area contributed by atoms with Crippen LogP contribution in [0.4, 0.5) is 0 Å². The summed E-state index contributed by atoms with van der Waals surface area (Å²) in [6.07, 6.45) is 6.85. The Morgan fingerprint density at radius 3 is 2.79 bits per heavy atom. The van der Waals surface area contributed by atoms with Crippen molar-refractivity contribution in [3.63, 3.8) is 0 Å². The van der Waals surface area contributed by atoms with Crippen molar-refractivity contribution in [2.75, 3.05) is 19.8 Å². The molecule has 0 aromatic carbocycles. The zero-order valence-corrected chi connectivity index (χ0v) is 9.30. The highest BCUT2D eigenvalue weighted by atomic mass is 16.5. The molecule has 0 radical (unpaired) electrons. The zero-order valence-electron chi connectivity index (χ0n) is 9.30. The molecular weight excluding hydrogens is 174 g/mol. The normalized spacial score (nSPS) is 29.4. The minimum absolute atomic E-state index is 0.785. The highest BCUT2D eigenvalue weighted by molar-refractivity contribution is 4.86. The van der Waals surface area contributed by atoms with Gasteiger partial charge < -0.3 is 10.1 Å². The zero-order chi connectivity index (χ0) is 9.80. The van der Waals surface area contributed by atoms with Crippen molar-refractivity contribution in [2.45, 2.75) is 45.1 Å². The van der Waals surface area contributed by atoms with Gasteiger partial charge in [0.05, 0.1) is 6.61 Å². The van der Waals surface area contributed by atoms with E-state index in [-0.39, 0.29) is 0 Å². The standard InChI is InChI=1S/C12H23NO/c1-2-3-12(11-4-5-11)13-8-10-6-7-14-9-10/h10-13H,2-9H2,1H3. The van der Waals surface area contributed by atoms with Crippen molar-refractivity contribution in [2.24, 2.45) is 11.8 Å². The highest BCUT2D eigenvalue weighted by Gasteiger charge is 2.30. The number of nitrogens with one attached hydrogen (secondary N) is 1. The van der Waals surface area contributed by atoms with Crippen LogP contribution in [0, 0.1) is 11.8 Å². The average molecular weight is 197 g/mol. The number of ether oxygens (including phenoxy) is 1. The summed E-state index contributed by atoms with van der Waals surface area (Å²) in [5.41, 5.74) is 0. The minimum Gasteiger partial charge on any atom is -0.381 e. The van der Waals surface area contributed by atoms with Gasteiger partial charge in [-0.25, -0.2) is 0 Å². The van der Waals surface area contributed by atoms with Crippen LogP contribution in [0.3, 0.4) is 0 Å². The van der Waals surface area contributed by atoms with Crippen molar-refractivity contribution >= 4 is 0 Å². The Bertz CT molecular complexity index is 162. The van der Waals surface area contributed by atoms with Gasteiger partial charge in [-0.3, -0.25) is 0 Å². The van der Waals surface area contributed by atoms with Gasteiger partial charge in [0, 0.05) is 19.2 Å². The Labute approximate surface area is 87.4 Å². The maximum atomic E-state index is 5.39. The first-order valence-electron chi connectivity index (χ1n) is 6.21. The monoisotopic (exact) mass is 197 g/mol. The lowest BCUT2D eigenvalue weighted by Crippen LogP contribution is -2.35. The molecule has 1 saturated heterocycles. The van der Waals surface area contributed by atoms with Crippen LogP contribution < -0.4 is 5.32 Å². The second-order valence-corrected chi connectivity index (χ2v) is 4.87. The van der Waals surface area contributed by atoms with Crippen molar-refractivity contribution in [3.8, 4) is 0 Å². The number of hydrogen-bond donors (Lipinski definition) is 1. The lowest BCUT2D eigenvalue weighted by atomic mass is 10.0. The summed E-state index contributed by atoms with van der Waals surface area (Å²) in [6, 6.07) is 0.806. The first-order chi connectivity index (χ1) is 6.90. The molecule has 1 saturated carbocycles. The van der Waals surface area contributed by atoms with E-state index in [1.807, 2.05) is 0 Å². The summed E-state index contributed by atoms with van der Waals surface area (Å²) in [5, 5.41) is 3.74. The molecule has 2 unspecified atom stereocenters. The van der Waals surface area contributed by atoms with Gasteiger partial charge in [-0.1, -0.05) is 13.3 Å². The van der Waals surface area contributed by atoms with E-state index in [0.29, 0.717) is 0 Å². The van der Waals surface area contributed by atoms with Crippen LogP contribution in [-0.4, -0.2) is 25.8 Å². The number of rotatable bonds is 6. The Balaban J connectivity index is 1.65. The fraction of sp³-hybridized carbons (Fsp3) is 1.00. The van der Waals surface area contributed by atoms with E-state index in [0.717, 1.165) is 31.1 Å². The van der Waals surface area contributed by atoms with E-state index in [2.05, 4.69) is 12.2 Å². The molecule has 0 amide bonds. The second-order valence-electron chi connectivity index (χ2n) is 4.87. The molecule has 0 aromatic heterocycles. The maximum Gasteiger partial charge on any atom is 0.0507 e. The van der Waals surface area contributed by atoms with E-state index in [1.54, 1.807) is 0 Å². The second kappa shape index (κ2) is 5.13. The van der Waals surface area contributed by atoms with E-state index in [1.165, 1.54) is 38.6 Å². The van der Waals surface area contributed by atoms with Crippen molar-refractivity contribution in [3.05, 3.63) is 0 Å². The third kappa shape index (κ3) is 2.96. The summed E-state index contributed by atoms with van der Waals surface area (Å²) in [6.45, 7) is 5.43. The van der Waals surface area contributed by atoms with Crippen LogP contribution >= 0.6 is 0 Å². The van der Waals surface area contributed by atoms with E-state index in [4.69, 9.17) is 4.74 Å². The van der Waals surface area contributed by atoms with Gasteiger partial charge >= 0.3 is 0 Å². The molecule has 2 aliphatic rings. The summed E-state index contributed by atoms with van der Waals surface area (Å²) in [7, 11) is 0. The molecule has 2 nitrogen and oxygen atoms in total. The van der Waals surface area contributed by atoms with E-state index >= 15 is 0 Å². The SMILES string of the molecule is CCCC(NCC1CCOC1)C1CC1. The fourth-order valence-electron chi connectivity index (χ4n) is 2.38. The lowest BCUT2D eigenvalue weighted by Gasteiger charge is -2.19. The van der Waals surface area contributed by atoms with Crippen LogP contribution in [0.1, 0.15) is 39.0 Å². The molecule has 82 valence electrons. The van der Waals surface area contributed by atoms with E-state index < -0.39 is 0 Å². The predicted molar refractivity (Wildman–Crippen MR) is 58.3 cm³/mol. The molecule has 14 heavy (non-hydrogen) atoms.